The zero-order valence-corrected chi connectivity index (χ0v) is 15.7. The Morgan fingerprint density at radius 3 is 2.41 bits per heavy atom. The van der Waals surface area contributed by atoms with Gasteiger partial charge in [0.05, 0.1) is 11.8 Å². The number of carbonyl (C=O) groups is 1. The van der Waals surface area contributed by atoms with Crippen LogP contribution in [-0.2, 0) is 11.3 Å². The second kappa shape index (κ2) is 9.50. The van der Waals surface area contributed by atoms with Gasteiger partial charge in [-0.3, -0.25) is 4.79 Å². The summed E-state index contributed by atoms with van der Waals surface area (Å²) in [6.07, 6.45) is 3.77. The smallest absolute Gasteiger partial charge is 0.300 e. The Balaban J connectivity index is 0.000000541. The maximum Gasteiger partial charge on any atom is 0.300 e. The van der Waals surface area contributed by atoms with Crippen LogP contribution >= 0.6 is 31.9 Å². The molecule has 1 aromatic carbocycles. The lowest BCUT2D eigenvalue weighted by Gasteiger charge is -2.26. The molecule has 2 rings (SSSR count). The summed E-state index contributed by atoms with van der Waals surface area (Å²) in [7, 11) is 0. The molecule has 1 aliphatic rings. The third-order valence-electron chi connectivity index (χ3n) is 3.46. The van der Waals surface area contributed by atoms with Crippen molar-refractivity contribution in [3.63, 3.8) is 0 Å². The van der Waals surface area contributed by atoms with Crippen molar-refractivity contribution in [3.05, 3.63) is 26.6 Å². The van der Waals surface area contributed by atoms with E-state index < -0.39 is 5.97 Å². The van der Waals surface area contributed by atoms with Gasteiger partial charge in [0.2, 0.25) is 0 Å². The molecule has 1 aliphatic carbocycles. The van der Waals surface area contributed by atoms with Gasteiger partial charge in [-0.15, -0.1) is 0 Å². The van der Waals surface area contributed by atoms with E-state index in [1.165, 1.54) is 0 Å². The van der Waals surface area contributed by atoms with E-state index in [2.05, 4.69) is 37.2 Å². The number of hydrogen-bond acceptors (Lipinski definition) is 4. The fourth-order valence-corrected chi connectivity index (χ4v) is 3.63. The van der Waals surface area contributed by atoms with E-state index in [1.807, 2.05) is 12.1 Å². The van der Waals surface area contributed by atoms with Gasteiger partial charge in [0.15, 0.2) is 0 Å². The molecule has 0 heterocycles. The summed E-state index contributed by atoms with van der Waals surface area (Å²) in [5.41, 5.74) is 7.93. The number of hydrogen-bond donors (Lipinski definition) is 4. The van der Waals surface area contributed by atoms with E-state index >= 15 is 0 Å². The topological polar surface area (TPSA) is 95.6 Å². The number of nitrogens with one attached hydrogen (secondary N) is 1. The molecule has 0 spiro atoms. The number of anilines is 1. The Bertz CT molecular complexity index is 500. The fourth-order valence-electron chi connectivity index (χ4n) is 2.32. The van der Waals surface area contributed by atoms with E-state index in [-0.39, 0.29) is 6.10 Å². The molecular formula is C15H22Br2N2O3. The van der Waals surface area contributed by atoms with Crippen LogP contribution in [0.1, 0.15) is 38.2 Å². The average molecular weight is 438 g/mol. The molecule has 7 heteroatoms. The molecular weight excluding hydrogens is 416 g/mol. The molecule has 0 saturated heterocycles. The number of halogens is 2. The summed E-state index contributed by atoms with van der Waals surface area (Å²) in [6.45, 7) is 1.85. The molecule has 0 aliphatic heterocycles. The number of rotatable bonds is 3. The third kappa shape index (κ3) is 7.09. The number of nitrogen functional groups attached to an aromatic ring is 1. The van der Waals surface area contributed by atoms with Gasteiger partial charge < -0.3 is 21.3 Å². The average Bonchev–Trinajstić information content (AvgIpc) is 2.42. The SMILES string of the molecule is CC(=O)O.Nc1c(Br)cc(Br)cc1CNC1CCC(O)CC1. The van der Waals surface area contributed by atoms with Gasteiger partial charge in [0, 0.05) is 28.5 Å². The molecule has 0 amide bonds. The number of aliphatic carboxylic acids is 1. The molecule has 5 N–H and O–H groups in total. The van der Waals surface area contributed by atoms with Crippen molar-refractivity contribution in [2.24, 2.45) is 0 Å². The first-order valence-electron chi connectivity index (χ1n) is 7.14. The van der Waals surface area contributed by atoms with Crippen LogP contribution < -0.4 is 11.1 Å². The number of aliphatic hydroxyl groups is 1. The van der Waals surface area contributed by atoms with E-state index in [0.717, 1.165) is 59.3 Å². The van der Waals surface area contributed by atoms with Gasteiger partial charge in [0.25, 0.3) is 5.97 Å². The quantitative estimate of drug-likeness (QED) is 0.544. The highest BCUT2D eigenvalue weighted by Gasteiger charge is 2.19. The fraction of sp³-hybridized carbons (Fsp3) is 0.533. The van der Waals surface area contributed by atoms with Crippen LogP contribution in [0.25, 0.3) is 0 Å². The normalized spacial score (nSPS) is 20.9. The monoisotopic (exact) mass is 436 g/mol. The summed E-state index contributed by atoms with van der Waals surface area (Å²) >= 11 is 6.93. The molecule has 0 aromatic heterocycles. The summed E-state index contributed by atoms with van der Waals surface area (Å²) in [4.78, 5) is 9.00. The van der Waals surface area contributed by atoms with Gasteiger partial charge in [-0.2, -0.15) is 0 Å². The van der Waals surface area contributed by atoms with Crippen molar-refractivity contribution in [3.8, 4) is 0 Å². The second-order valence-electron chi connectivity index (χ2n) is 5.37. The predicted molar refractivity (Wildman–Crippen MR) is 94.7 cm³/mol. The number of benzene rings is 1. The van der Waals surface area contributed by atoms with Crippen LogP contribution in [0.15, 0.2) is 21.1 Å². The Morgan fingerprint density at radius 1 is 1.32 bits per heavy atom. The van der Waals surface area contributed by atoms with Gasteiger partial charge in [-0.1, -0.05) is 15.9 Å². The largest absolute Gasteiger partial charge is 0.481 e. The standard InChI is InChI=1S/C13H18Br2N2O.C2H4O2/c14-9-5-8(13(16)12(15)6-9)7-17-10-1-3-11(18)4-2-10;1-2(3)4/h5-6,10-11,17-18H,1-4,7,16H2;1H3,(H,3,4). The van der Waals surface area contributed by atoms with Crippen LogP contribution in [0.5, 0.6) is 0 Å². The Hall–Kier alpha value is -0.630. The zero-order valence-electron chi connectivity index (χ0n) is 12.5. The highest BCUT2D eigenvalue weighted by atomic mass is 79.9. The van der Waals surface area contributed by atoms with Crippen molar-refractivity contribution in [1.82, 2.24) is 5.32 Å². The maximum atomic E-state index is 9.47. The molecule has 22 heavy (non-hydrogen) atoms. The first-order valence-corrected chi connectivity index (χ1v) is 8.72. The minimum absolute atomic E-state index is 0.104. The lowest BCUT2D eigenvalue weighted by Crippen LogP contribution is -2.34. The molecule has 0 radical (unpaired) electrons. The summed E-state index contributed by atoms with van der Waals surface area (Å²) < 4.78 is 1.95. The van der Waals surface area contributed by atoms with Gasteiger partial charge in [-0.05, 0) is 59.3 Å². The molecule has 0 atom stereocenters. The lowest BCUT2D eigenvalue weighted by molar-refractivity contribution is -0.134. The third-order valence-corrected chi connectivity index (χ3v) is 4.57. The van der Waals surface area contributed by atoms with Gasteiger partial charge in [0.1, 0.15) is 0 Å². The van der Waals surface area contributed by atoms with Crippen LogP contribution in [0.2, 0.25) is 0 Å². The minimum Gasteiger partial charge on any atom is -0.481 e. The Labute approximate surface area is 147 Å². The zero-order chi connectivity index (χ0) is 16.7. The van der Waals surface area contributed by atoms with E-state index in [4.69, 9.17) is 15.6 Å². The van der Waals surface area contributed by atoms with Gasteiger partial charge in [-0.25, -0.2) is 0 Å². The van der Waals surface area contributed by atoms with Crippen molar-refractivity contribution < 1.29 is 15.0 Å². The summed E-state index contributed by atoms with van der Waals surface area (Å²) in [5, 5.41) is 20.4. The van der Waals surface area contributed by atoms with E-state index in [1.54, 1.807) is 0 Å². The number of carboxylic acid groups (broad SMARTS) is 1. The molecule has 0 unspecified atom stereocenters. The number of nitrogens with two attached hydrogens (primary N) is 1. The first kappa shape index (κ1) is 19.4. The van der Waals surface area contributed by atoms with E-state index in [0.29, 0.717) is 6.04 Å². The van der Waals surface area contributed by atoms with Crippen molar-refractivity contribution in [1.29, 1.82) is 0 Å². The molecule has 5 nitrogen and oxygen atoms in total. The number of aliphatic hydroxyl groups excluding tert-OH is 1. The maximum absolute atomic E-state index is 9.47. The predicted octanol–water partition coefficient (Wildman–Crippen LogP) is 3.28. The molecule has 0 bridgehead atoms. The van der Waals surface area contributed by atoms with Crippen LogP contribution in [-0.4, -0.2) is 28.3 Å². The molecule has 124 valence electrons. The first-order chi connectivity index (χ1) is 10.3. The van der Waals surface area contributed by atoms with Crippen molar-refractivity contribution in [2.75, 3.05) is 5.73 Å². The lowest BCUT2D eigenvalue weighted by atomic mass is 9.93. The Morgan fingerprint density at radius 2 is 1.86 bits per heavy atom. The summed E-state index contributed by atoms with van der Waals surface area (Å²) in [5.74, 6) is -0.833. The molecule has 1 fully saturated rings. The highest BCUT2D eigenvalue weighted by molar-refractivity contribution is 9.11. The van der Waals surface area contributed by atoms with Crippen LogP contribution in [0, 0.1) is 0 Å². The number of carboxylic acids is 1. The van der Waals surface area contributed by atoms with E-state index in [9.17, 15) is 5.11 Å². The van der Waals surface area contributed by atoms with Crippen molar-refractivity contribution in [2.45, 2.75) is 51.3 Å². The highest BCUT2D eigenvalue weighted by Crippen LogP contribution is 2.28. The van der Waals surface area contributed by atoms with Gasteiger partial charge >= 0.3 is 0 Å². The molecule has 1 aromatic rings. The van der Waals surface area contributed by atoms with Crippen molar-refractivity contribution >= 4 is 43.5 Å². The Kier molecular flexibility index (Phi) is 8.38. The van der Waals surface area contributed by atoms with Crippen LogP contribution in [0.3, 0.4) is 0 Å². The van der Waals surface area contributed by atoms with Crippen LogP contribution in [0.4, 0.5) is 5.69 Å². The summed E-state index contributed by atoms with van der Waals surface area (Å²) in [6, 6.07) is 4.49. The minimum atomic E-state index is -0.833. The molecule has 1 saturated carbocycles. The second-order valence-corrected chi connectivity index (χ2v) is 7.14.